The highest BCUT2D eigenvalue weighted by Crippen LogP contribution is 2.46. The van der Waals surface area contributed by atoms with Crippen molar-refractivity contribution in [2.24, 2.45) is 11.3 Å². The second-order valence-corrected chi connectivity index (χ2v) is 9.57. The molecular formula is C22H33N3O2. The number of amides is 3. The molecule has 3 rings (SSSR count). The highest BCUT2D eigenvalue weighted by molar-refractivity contribution is 6.07. The lowest BCUT2D eigenvalue weighted by atomic mass is 9.64. The number of nitrogens with one attached hydrogen (secondary N) is 1. The van der Waals surface area contributed by atoms with E-state index < -0.39 is 5.54 Å². The summed E-state index contributed by atoms with van der Waals surface area (Å²) in [5.41, 5.74) is 0.506. The summed E-state index contributed by atoms with van der Waals surface area (Å²) in [5.74, 6) is 0.370. The van der Waals surface area contributed by atoms with Crippen LogP contribution < -0.4 is 5.32 Å². The number of carbonyl (C=O) groups is 2. The Morgan fingerprint density at radius 2 is 1.85 bits per heavy atom. The summed E-state index contributed by atoms with van der Waals surface area (Å²) < 4.78 is 0. The van der Waals surface area contributed by atoms with Gasteiger partial charge in [0.25, 0.3) is 5.91 Å². The number of benzene rings is 1. The molecule has 2 unspecified atom stereocenters. The van der Waals surface area contributed by atoms with Crippen LogP contribution in [0.25, 0.3) is 0 Å². The molecule has 5 nitrogen and oxygen atoms in total. The zero-order valence-corrected chi connectivity index (χ0v) is 17.3. The zero-order chi connectivity index (χ0) is 19.8. The molecule has 0 radical (unpaired) electrons. The quantitative estimate of drug-likeness (QED) is 0.796. The maximum Gasteiger partial charge on any atom is 0.326 e. The lowest BCUT2D eigenvalue weighted by Crippen LogP contribution is -2.54. The summed E-state index contributed by atoms with van der Waals surface area (Å²) in [5, 5.41) is 3.07. The number of hydrogen-bond acceptors (Lipinski definition) is 3. The first-order chi connectivity index (χ1) is 12.6. The summed E-state index contributed by atoms with van der Waals surface area (Å²) in [4.78, 5) is 29.7. The molecule has 1 saturated carbocycles. The largest absolute Gasteiger partial charge is 0.326 e. The minimum atomic E-state index is -0.729. The first-order valence-electron chi connectivity index (χ1n) is 10.0. The lowest BCUT2D eigenvalue weighted by molar-refractivity contribution is -0.136. The molecule has 2 atom stereocenters. The minimum absolute atomic E-state index is 0.0502. The van der Waals surface area contributed by atoms with Crippen LogP contribution in [0.2, 0.25) is 0 Å². The number of nitrogens with zero attached hydrogens (tertiary/aromatic N) is 2. The van der Waals surface area contributed by atoms with E-state index in [1.165, 1.54) is 10.5 Å². The number of urea groups is 1. The first-order valence-corrected chi connectivity index (χ1v) is 10.0. The molecule has 1 spiro atoms. The van der Waals surface area contributed by atoms with Gasteiger partial charge in [-0.3, -0.25) is 9.69 Å². The molecule has 0 bridgehead atoms. The molecule has 1 N–H and O–H groups in total. The van der Waals surface area contributed by atoms with Gasteiger partial charge in [0.15, 0.2) is 0 Å². The van der Waals surface area contributed by atoms with Crippen molar-refractivity contribution in [1.29, 1.82) is 0 Å². The summed E-state index contributed by atoms with van der Waals surface area (Å²) in [6, 6.07) is 10.2. The smallest absolute Gasteiger partial charge is 0.323 e. The molecule has 2 aliphatic rings. The van der Waals surface area contributed by atoms with Crippen LogP contribution in [0.4, 0.5) is 4.79 Å². The Morgan fingerprint density at radius 3 is 2.44 bits per heavy atom. The molecule has 1 aromatic rings. The van der Waals surface area contributed by atoms with E-state index in [4.69, 9.17) is 0 Å². The van der Waals surface area contributed by atoms with Gasteiger partial charge in [-0.25, -0.2) is 9.69 Å². The van der Waals surface area contributed by atoms with E-state index in [1.807, 2.05) is 18.2 Å². The SMILES string of the molecule is CC1CC(C)(C)CC2(C1)NC(=O)N(CN(Cc1ccccc1)C(C)C)C2=O. The van der Waals surface area contributed by atoms with E-state index in [9.17, 15) is 9.59 Å². The standard InChI is InChI=1S/C22H33N3O2/c1-16(2)24(13-18-9-7-6-8-10-18)15-25-19(26)22(23-20(25)27)12-17(3)11-21(4,5)14-22/h6-10,16-17H,11-15H2,1-5H3,(H,23,27). The Labute approximate surface area is 163 Å². The predicted octanol–water partition coefficient (Wildman–Crippen LogP) is 3.99. The second kappa shape index (κ2) is 7.27. The average molecular weight is 372 g/mol. The second-order valence-electron chi connectivity index (χ2n) is 9.57. The van der Waals surface area contributed by atoms with Gasteiger partial charge < -0.3 is 5.32 Å². The molecule has 1 aromatic carbocycles. The van der Waals surface area contributed by atoms with Gasteiger partial charge in [-0.15, -0.1) is 0 Å². The van der Waals surface area contributed by atoms with Gasteiger partial charge >= 0.3 is 6.03 Å². The number of rotatable bonds is 5. The van der Waals surface area contributed by atoms with Crippen molar-refractivity contribution < 1.29 is 9.59 Å². The van der Waals surface area contributed by atoms with E-state index in [0.717, 1.165) is 12.8 Å². The summed E-state index contributed by atoms with van der Waals surface area (Å²) in [6.45, 7) is 11.8. The Bertz CT molecular complexity index is 701. The summed E-state index contributed by atoms with van der Waals surface area (Å²) >= 11 is 0. The van der Waals surface area contributed by atoms with Gasteiger partial charge in [0, 0.05) is 12.6 Å². The van der Waals surface area contributed by atoms with Crippen molar-refractivity contribution in [3.8, 4) is 0 Å². The highest BCUT2D eigenvalue weighted by atomic mass is 16.2. The van der Waals surface area contributed by atoms with Crippen LogP contribution in [-0.2, 0) is 11.3 Å². The molecule has 1 saturated heterocycles. The first kappa shape index (κ1) is 19.9. The molecule has 1 heterocycles. The predicted molar refractivity (Wildman–Crippen MR) is 107 cm³/mol. The summed E-state index contributed by atoms with van der Waals surface area (Å²) in [6.07, 6.45) is 2.54. The fourth-order valence-electron chi connectivity index (χ4n) is 5.03. The van der Waals surface area contributed by atoms with E-state index in [2.05, 4.69) is 57.0 Å². The van der Waals surface area contributed by atoms with Crippen LogP contribution in [-0.4, -0.2) is 40.0 Å². The molecule has 2 fully saturated rings. The Kier molecular flexibility index (Phi) is 5.35. The number of imide groups is 1. The fourth-order valence-corrected chi connectivity index (χ4v) is 5.03. The van der Waals surface area contributed by atoms with E-state index in [-0.39, 0.29) is 23.4 Å². The monoisotopic (exact) mass is 371 g/mol. The van der Waals surface area contributed by atoms with Crippen LogP contribution in [0.15, 0.2) is 30.3 Å². The summed E-state index contributed by atoms with van der Waals surface area (Å²) in [7, 11) is 0. The molecule has 0 aromatic heterocycles. The zero-order valence-electron chi connectivity index (χ0n) is 17.3. The van der Waals surface area contributed by atoms with Crippen LogP contribution in [0.3, 0.4) is 0 Å². The normalized spacial score (nSPS) is 27.7. The van der Waals surface area contributed by atoms with Gasteiger partial charge in [-0.05, 0) is 50.0 Å². The third-order valence-corrected chi connectivity index (χ3v) is 5.91. The molecular weight excluding hydrogens is 338 g/mol. The Hall–Kier alpha value is -1.88. The van der Waals surface area contributed by atoms with E-state index >= 15 is 0 Å². The van der Waals surface area contributed by atoms with Crippen molar-refractivity contribution in [1.82, 2.24) is 15.1 Å². The lowest BCUT2D eigenvalue weighted by Gasteiger charge is -2.44. The van der Waals surface area contributed by atoms with E-state index in [0.29, 0.717) is 25.6 Å². The van der Waals surface area contributed by atoms with Crippen LogP contribution >= 0.6 is 0 Å². The van der Waals surface area contributed by atoms with Crippen molar-refractivity contribution in [3.63, 3.8) is 0 Å². The van der Waals surface area contributed by atoms with Crippen LogP contribution in [0, 0.1) is 11.3 Å². The van der Waals surface area contributed by atoms with Gasteiger partial charge in [0.05, 0.1) is 6.67 Å². The van der Waals surface area contributed by atoms with Gasteiger partial charge in [-0.1, -0.05) is 51.1 Å². The van der Waals surface area contributed by atoms with Crippen molar-refractivity contribution in [3.05, 3.63) is 35.9 Å². The van der Waals surface area contributed by atoms with E-state index in [1.54, 1.807) is 0 Å². The fraction of sp³-hybridized carbons (Fsp3) is 0.636. The van der Waals surface area contributed by atoms with Crippen LogP contribution in [0.1, 0.15) is 59.4 Å². The van der Waals surface area contributed by atoms with Crippen molar-refractivity contribution >= 4 is 11.9 Å². The third kappa shape index (κ3) is 4.18. The van der Waals surface area contributed by atoms with Crippen LogP contribution in [0.5, 0.6) is 0 Å². The van der Waals surface area contributed by atoms with Gasteiger partial charge in [0.2, 0.25) is 0 Å². The maximum absolute atomic E-state index is 13.4. The molecule has 148 valence electrons. The molecule has 1 aliphatic heterocycles. The highest BCUT2D eigenvalue weighted by Gasteiger charge is 2.56. The van der Waals surface area contributed by atoms with Crippen molar-refractivity contribution in [2.75, 3.05) is 6.67 Å². The topological polar surface area (TPSA) is 52.7 Å². The Balaban J connectivity index is 1.78. The van der Waals surface area contributed by atoms with Crippen molar-refractivity contribution in [2.45, 2.75) is 72.0 Å². The minimum Gasteiger partial charge on any atom is -0.323 e. The van der Waals surface area contributed by atoms with Gasteiger partial charge in [-0.2, -0.15) is 0 Å². The molecule has 5 heteroatoms. The van der Waals surface area contributed by atoms with Gasteiger partial charge in [0.1, 0.15) is 5.54 Å². The maximum atomic E-state index is 13.4. The Morgan fingerprint density at radius 1 is 1.19 bits per heavy atom. The average Bonchev–Trinajstić information content (AvgIpc) is 2.76. The third-order valence-electron chi connectivity index (χ3n) is 5.91. The number of carbonyl (C=O) groups excluding carboxylic acids is 2. The molecule has 3 amide bonds. The molecule has 27 heavy (non-hydrogen) atoms. The molecule has 1 aliphatic carbocycles. The number of hydrogen-bond donors (Lipinski definition) is 1.